The van der Waals surface area contributed by atoms with Crippen LogP contribution in [0.3, 0.4) is 0 Å². The molecule has 32 heavy (non-hydrogen) atoms. The molecular formula is C32H30. The molecule has 0 atom stereocenters. The van der Waals surface area contributed by atoms with Crippen molar-refractivity contribution in [2.75, 3.05) is 0 Å². The molecule has 0 fully saturated rings. The summed E-state index contributed by atoms with van der Waals surface area (Å²) in [5, 5.41) is 14.2. The predicted molar refractivity (Wildman–Crippen MR) is 143 cm³/mol. The summed E-state index contributed by atoms with van der Waals surface area (Å²) in [5.74, 6) is 0. The van der Waals surface area contributed by atoms with Crippen molar-refractivity contribution in [3.8, 4) is 0 Å². The highest BCUT2D eigenvalue weighted by Crippen LogP contribution is 2.48. The van der Waals surface area contributed by atoms with Crippen molar-refractivity contribution >= 4 is 53.9 Å². The minimum atomic E-state index is 1.37. The summed E-state index contributed by atoms with van der Waals surface area (Å²) in [6.45, 7) is 18.2. The van der Waals surface area contributed by atoms with Gasteiger partial charge in [-0.3, -0.25) is 0 Å². The minimum absolute atomic E-state index is 1.37. The predicted octanol–water partition coefficient (Wildman–Crippen LogP) is 9.36. The lowest BCUT2D eigenvalue weighted by molar-refractivity contribution is 1.36. The van der Waals surface area contributed by atoms with Gasteiger partial charge in [0.1, 0.15) is 0 Å². The van der Waals surface area contributed by atoms with Gasteiger partial charge >= 0.3 is 0 Å². The Kier molecular flexibility index (Phi) is 3.81. The molecular weight excluding hydrogens is 384 g/mol. The molecule has 0 bridgehead atoms. The van der Waals surface area contributed by atoms with Gasteiger partial charge in [-0.25, -0.2) is 0 Å². The lowest BCUT2D eigenvalue weighted by Gasteiger charge is -2.23. The molecule has 0 aliphatic carbocycles. The van der Waals surface area contributed by atoms with E-state index in [0.29, 0.717) is 0 Å². The molecule has 0 N–H and O–H groups in total. The second-order valence-electron chi connectivity index (χ2n) is 10.2. The fourth-order valence-corrected chi connectivity index (χ4v) is 5.94. The number of benzene rings is 6. The van der Waals surface area contributed by atoms with Crippen LogP contribution in [0.5, 0.6) is 0 Å². The summed E-state index contributed by atoms with van der Waals surface area (Å²) in [7, 11) is 0. The molecule has 6 rings (SSSR count). The largest absolute Gasteiger partial charge is 0.0505 e. The molecule has 0 nitrogen and oxygen atoms in total. The quantitative estimate of drug-likeness (QED) is 0.171. The van der Waals surface area contributed by atoms with Gasteiger partial charge in [-0.15, -0.1) is 0 Å². The van der Waals surface area contributed by atoms with Crippen molar-refractivity contribution in [3.63, 3.8) is 0 Å². The maximum Gasteiger partial charge on any atom is -0.00109 e. The van der Waals surface area contributed by atoms with E-state index in [0.717, 1.165) is 0 Å². The van der Waals surface area contributed by atoms with Crippen molar-refractivity contribution < 1.29 is 0 Å². The molecule has 0 heteroatoms. The zero-order valence-corrected chi connectivity index (χ0v) is 20.5. The van der Waals surface area contributed by atoms with Crippen LogP contribution in [0.4, 0.5) is 0 Å². The lowest BCUT2D eigenvalue weighted by atomic mass is 9.80. The van der Waals surface area contributed by atoms with Gasteiger partial charge in [-0.1, -0.05) is 36.4 Å². The molecule has 6 aromatic rings. The molecule has 6 aromatic carbocycles. The molecule has 0 radical (unpaired) electrons. The Morgan fingerprint density at radius 2 is 0.531 bits per heavy atom. The van der Waals surface area contributed by atoms with E-state index < -0.39 is 0 Å². The van der Waals surface area contributed by atoms with Crippen LogP contribution in [0.2, 0.25) is 0 Å². The summed E-state index contributed by atoms with van der Waals surface area (Å²) >= 11 is 0. The third kappa shape index (κ3) is 2.28. The van der Waals surface area contributed by atoms with E-state index in [2.05, 4.69) is 91.8 Å². The second kappa shape index (κ2) is 6.23. The van der Waals surface area contributed by atoms with Crippen LogP contribution in [0.1, 0.15) is 44.5 Å². The third-order valence-corrected chi connectivity index (χ3v) is 8.33. The summed E-state index contributed by atoms with van der Waals surface area (Å²) in [6, 6.07) is 14.6. The van der Waals surface area contributed by atoms with Crippen LogP contribution in [0, 0.1) is 55.4 Å². The van der Waals surface area contributed by atoms with Crippen LogP contribution < -0.4 is 0 Å². The highest BCUT2D eigenvalue weighted by molar-refractivity contribution is 6.41. The Morgan fingerprint density at radius 1 is 0.281 bits per heavy atom. The van der Waals surface area contributed by atoms with E-state index in [9.17, 15) is 0 Å². The molecule has 0 spiro atoms. The maximum atomic E-state index is 2.44. The molecule has 0 amide bonds. The average Bonchev–Trinajstić information content (AvgIpc) is 2.74. The van der Waals surface area contributed by atoms with E-state index in [-0.39, 0.29) is 0 Å². The summed E-state index contributed by atoms with van der Waals surface area (Å²) in [6.07, 6.45) is 0. The number of hydrogen-bond acceptors (Lipinski definition) is 0. The zero-order valence-electron chi connectivity index (χ0n) is 20.5. The minimum Gasteiger partial charge on any atom is -0.0505 e. The van der Waals surface area contributed by atoms with E-state index in [4.69, 9.17) is 0 Å². The Hall–Kier alpha value is -3.12. The van der Waals surface area contributed by atoms with Crippen molar-refractivity contribution in [1.29, 1.82) is 0 Å². The first-order chi connectivity index (χ1) is 15.2. The standard InChI is InChI=1S/C32H30/c1-15-9-23-24(10-16(15)2)26-14-20(6)22(8)30-28-12-18(4)17(3)11-27(28)29-21(7)19(5)13-25(23)31(29)32(26)30/h9-14H,1-8H3. The molecule has 0 aliphatic rings. The van der Waals surface area contributed by atoms with Gasteiger partial charge in [0.15, 0.2) is 0 Å². The van der Waals surface area contributed by atoms with Crippen LogP contribution in [-0.2, 0) is 0 Å². The van der Waals surface area contributed by atoms with Crippen molar-refractivity contribution in [1.82, 2.24) is 0 Å². The highest BCUT2D eigenvalue weighted by Gasteiger charge is 2.22. The molecule has 0 saturated heterocycles. The summed E-state index contributed by atoms with van der Waals surface area (Å²) in [5.41, 5.74) is 11.1. The Bertz CT molecular complexity index is 1650. The monoisotopic (exact) mass is 414 g/mol. The SMILES string of the molecule is Cc1cc2c(cc1C)c1cc(C)c(C)c3c4cc(C)c(C)cc4c4c(C)c(C)cc2c4c13. The fourth-order valence-electron chi connectivity index (χ4n) is 5.94. The molecule has 0 aromatic heterocycles. The van der Waals surface area contributed by atoms with Gasteiger partial charge < -0.3 is 0 Å². The number of aryl methyl sites for hydroxylation is 8. The topological polar surface area (TPSA) is 0 Å². The van der Waals surface area contributed by atoms with Crippen LogP contribution in [0.25, 0.3) is 53.9 Å². The Balaban J connectivity index is 2.14. The highest BCUT2D eigenvalue weighted by atomic mass is 14.2. The average molecular weight is 415 g/mol. The maximum absolute atomic E-state index is 2.44. The molecule has 0 heterocycles. The molecule has 0 saturated carbocycles. The fraction of sp³-hybridized carbons (Fsp3) is 0.250. The van der Waals surface area contributed by atoms with Gasteiger partial charge in [0.2, 0.25) is 0 Å². The van der Waals surface area contributed by atoms with Crippen molar-refractivity contribution in [2.45, 2.75) is 55.4 Å². The van der Waals surface area contributed by atoms with Crippen molar-refractivity contribution in [2.24, 2.45) is 0 Å². The van der Waals surface area contributed by atoms with Crippen LogP contribution in [0.15, 0.2) is 36.4 Å². The van der Waals surface area contributed by atoms with Crippen molar-refractivity contribution in [3.05, 3.63) is 80.9 Å². The van der Waals surface area contributed by atoms with E-state index in [1.54, 1.807) is 0 Å². The first-order valence-corrected chi connectivity index (χ1v) is 11.7. The van der Waals surface area contributed by atoms with Gasteiger partial charge in [-0.05, 0) is 154 Å². The number of rotatable bonds is 0. The van der Waals surface area contributed by atoms with Crippen LogP contribution >= 0.6 is 0 Å². The first-order valence-electron chi connectivity index (χ1n) is 11.7. The molecule has 0 aliphatic heterocycles. The van der Waals surface area contributed by atoms with E-state index >= 15 is 0 Å². The van der Waals surface area contributed by atoms with Gasteiger partial charge in [0.05, 0.1) is 0 Å². The number of fused-ring (bicyclic) bond motifs is 6. The second-order valence-corrected chi connectivity index (χ2v) is 10.2. The summed E-state index contributed by atoms with van der Waals surface area (Å²) in [4.78, 5) is 0. The third-order valence-electron chi connectivity index (χ3n) is 8.33. The van der Waals surface area contributed by atoms with Crippen LogP contribution in [-0.4, -0.2) is 0 Å². The summed E-state index contributed by atoms with van der Waals surface area (Å²) < 4.78 is 0. The van der Waals surface area contributed by atoms with Gasteiger partial charge in [0.25, 0.3) is 0 Å². The number of hydrogen-bond donors (Lipinski definition) is 0. The lowest BCUT2D eigenvalue weighted by Crippen LogP contribution is -1.98. The smallest absolute Gasteiger partial charge is 0.00109 e. The van der Waals surface area contributed by atoms with Gasteiger partial charge in [0, 0.05) is 0 Å². The first kappa shape index (κ1) is 19.6. The normalized spacial score (nSPS) is 12.4. The Labute approximate surface area is 190 Å². The Morgan fingerprint density at radius 3 is 0.875 bits per heavy atom. The molecule has 158 valence electrons. The zero-order chi connectivity index (χ0) is 22.6. The van der Waals surface area contributed by atoms with E-state index in [1.807, 2.05) is 0 Å². The van der Waals surface area contributed by atoms with Gasteiger partial charge in [-0.2, -0.15) is 0 Å². The van der Waals surface area contributed by atoms with E-state index in [1.165, 1.54) is 98.4 Å². The molecule has 0 unspecified atom stereocenters.